The van der Waals surface area contributed by atoms with Gasteiger partial charge in [0.2, 0.25) is 5.91 Å². The Hall–Kier alpha value is -3.54. The summed E-state index contributed by atoms with van der Waals surface area (Å²) in [5.74, 6) is -0.990. The highest BCUT2D eigenvalue weighted by Gasteiger charge is 2.09. The molecule has 0 radical (unpaired) electrons. The fourth-order valence-electron chi connectivity index (χ4n) is 2.52. The summed E-state index contributed by atoms with van der Waals surface area (Å²) >= 11 is 0. The average molecular weight is 380 g/mol. The van der Waals surface area contributed by atoms with Gasteiger partial charge < -0.3 is 10.1 Å². The van der Waals surface area contributed by atoms with Gasteiger partial charge in [-0.1, -0.05) is 18.2 Å². The summed E-state index contributed by atoms with van der Waals surface area (Å²) in [6.45, 7) is 1.84. The second-order valence-corrected chi connectivity index (χ2v) is 6.10. The van der Waals surface area contributed by atoms with E-state index < -0.39 is 11.6 Å². The van der Waals surface area contributed by atoms with Gasteiger partial charge in [-0.25, -0.2) is 8.78 Å². The molecule has 4 nitrogen and oxygen atoms in total. The third kappa shape index (κ3) is 5.23. The van der Waals surface area contributed by atoms with Gasteiger partial charge in [-0.15, -0.1) is 0 Å². The molecular weight excluding hydrogens is 362 g/mol. The SMILES string of the molecule is CC(NC(=O)C=Cc1ccc(F)c(F)c1)c1cccc(Oc2cccnc2)c1. The van der Waals surface area contributed by atoms with Crippen LogP contribution in [0.25, 0.3) is 6.08 Å². The molecule has 0 saturated heterocycles. The lowest BCUT2D eigenvalue weighted by molar-refractivity contribution is -0.117. The molecule has 0 aliphatic rings. The van der Waals surface area contributed by atoms with Crippen molar-refractivity contribution in [3.05, 3.63) is 95.8 Å². The Morgan fingerprint density at radius 1 is 1.07 bits per heavy atom. The third-order valence-electron chi connectivity index (χ3n) is 3.96. The molecule has 0 saturated carbocycles. The number of carbonyl (C=O) groups is 1. The number of aromatic nitrogens is 1. The average Bonchev–Trinajstić information content (AvgIpc) is 2.70. The number of nitrogens with one attached hydrogen (secondary N) is 1. The first-order valence-corrected chi connectivity index (χ1v) is 8.63. The monoisotopic (exact) mass is 380 g/mol. The molecule has 1 amide bonds. The number of rotatable bonds is 6. The number of pyridine rings is 1. The Labute approximate surface area is 161 Å². The largest absolute Gasteiger partial charge is 0.456 e. The first-order valence-electron chi connectivity index (χ1n) is 8.63. The first kappa shape index (κ1) is 19.2. The van der Waals surface area contributed by atoms with Gasteiger partial charge in [-0.3, -0.25) is 9.78 Å². The molecule has 0 aliphatic heterocycles. The summed E-state index contributed by atoms with van der Waals surface area (Å²) in [6, 6.07) is 14.1. The fourth-order valence-corrected chi connectivity index (χ4v) is 2.52. The van der Waals surface area contributed by atoms with Crippen LogP contribution < -0.4 is 10.1 Å². The van der Waals surface area contributed by atoms with Crippen molar-refractivity contribution < 1.29 is 18.3 Å². The number of carbonyl (C=O) groups excluding carboxylic acids is 1. The second-order valence-electron chi connectivity index (χ2n) is 6.10. The Morgan fingerprint density at radius 2 is 1.89 bits per heavy atom. The Morgan fingerprint density at radius 3 is 2.64 bits per heavy atom. The van der Waals surface area contributed by atoms with E-state index in [1.165, 1.54) is 18.2 Å². The van der Waals surface area contributed by atoms with Crippen LogP contribution in [0.2, 0.25) is 0 Å². The Balaban J connectivity index is 1.62. The van der Waals surface area contributed by atoms with Gasteiger partial charge >= 0.3 is 0 Å². The summed E-state index contributed by atoms with van der Waals surface area (Å²) in [5.41, 5.74) is 1.25. The van der Waals surface area contributed by atoms with Crippen molar-refractivity contribution in [2.24, 2.45) is 0 Å². The summed E-state index contributed by atoms with van der Waals surface area (Å²) in [5, 5.41) is 2.82. The highest BCUT2D eigenvalue weighted by Crippen LogP contribution is 2.24. The van der Waals surface area contributed by atoms with Crippen LogP contribution in [0.3, 0.4) is 0 Å². The zero-order valence-corrected chi connectivity index (χ0v) is 15.1. The van der Waals surface area contributed by atoms with Crippen molar-refractivity contribution in [2.45, 2.75) is 13.0 Å². The van der Waals surface area contributed by atoms with Crippen LogP contribution in [0.15, 0.2) is 73.1 Å². The number of benzene rings is 2. The molecule has 3 aromatic rings. The van der Waals surface area contributed by atoms with E-state index in [4.69, 9.17) is 4.74 Å². The second kappa shape index (κ2) is 8.90. The lowest BCUT2D eigenvalue weighted by atomic mass is 10.1. The topological polar surface area (TPSA) is 51.2 Å². The van der Waals surface area contributed by atoms with Crippen LogP contribution in [0.5, 0.6) is 11.5 Å². The van der Waals surface area contributed by atoms with Crippen LogP contribution >= 0.6 is 0 Å². The third-order valence-corrected chi connectivity index (χ3v) is 3.96. The lowest BCUT2D eigenvalue weighted by Crippen LogP contribution is -2.24. The van der Waals surface area contributed by atoms with E-state index in [1.807, 2.05) is 31.2 Å². The predicted octanol–water partition coefficient (Wildman–Crippen LogP) is 5.04. The van der Waals surface area contributed by atoms with Gasteiger partial charge in [0, 0.05) is 12.3 Å². The molecule has 2 aromatic carbocycles. The maximum Gasteiger partial charge on any atom is 0.244 e. The molecule has 6 heteroatoms. The van der Waals surface area contributed by atoms with Crippen LogP contribution in [0.4, 0.5) is 8.78 Å². The zero-order chi connectivity index (χ0) is 19.9. The van der Waals surface area contributed by atoms with E-state index in [1.54, 1.807) is 24.5 Å². The van der Waals surface area contributed by atoms with Crippen LogP contribution in [-0.4, -0.2) is 10.9 Å². The van der Waals surface area contributed by atoms with Crippen molar-refractivity contribution in [1.82, 2.24) is 10.3 Å². The van der Waals surface area contributed by atoms with Crippen LogP contribution in [0, 0.1) is 11.6 Å². The summed E-state index contributed by atoms with van der Waals surface area (Å²) in [7, 11) is 0. The van der Waals surface area contributed by atoms with E-state index in [-0.39, 0.29) is 11.9 Å². The molecule has 1 heterocycles. The molecule has 0 spiro atoms. The fraction of sp³-hybridized carbons (Fsp3) is 0.0909. The molecule has 3 rings (SSSR count). The van der Waals surface area contributed by atoms with Gasteiger partial charge in [0.15, 0.2) is 11.6 Å². The maximum atomic E-state index is 13.2. The number of ether oxygens (including phenoxy) is 1. The van der Waals surface area contributed by atoms with E-state index in [2.05, 4.69) is 10.3 Å². The molecule has 0 bridgehead atoms. The van der Waals surface area contributed by atoms with E-state index in [0.717, 1.165) is 17.7 Å². The lowest BCUT2D eigenvalue weighted by Gasteiger charge is -2.14. The van der Waals surface area contributed by atoms with Gasteiger partial charge in [-0.2, -0.15) is 0 Å². The molecule has 0 fully saturated rings. The highest BCUT2D eigenvalue weighted by molar-refractivity contribution is 5.91. The smallest absolute Gasteiger partial charge is 0.244 e. The molecule has 142 valence electrons. The minimum absolute atomic E-state index is 0.278. The van der Waals surface area contributed by atoms with Gasteiger partial charge in [0.05, 0.1) is 12.2 Å². The van der Waals surface area contributed by atoms with E-state index in [0.29, 0.717) is 17.1 Å². The number of halogens is 2. The first-order chi connectivity index (χ1) is 13.5. The minimum Gasteiger partial charge on any atom is -0.456 e. The summed E-state index contributed by atoms with van der Waals surface area (Å²) in [6.07, 6.45) is 5.97. The van der Waals surface area contributed by atoms with Crippen molar-refractivity contribution >= 4 is 12.0 Å². The number of hydrogen-bond acceptors (Lipinski definition) is 3. The highest BCUT2D eigenvalue weighted by atomic mass is 19.2. The quantitative estimate of drug-likeness (QED) is 0.610. The number of nitrogens with zero attached hydrogens (tertiary/aromatic N) is 1. The predicted molar refractivity (Wildman–Crippen MR) is 103 cm³/mol. The van der Waals surface area contributed by atoms with E-state index in [9.17, 15) is 13.6 Å². The zero-order valence-electron chi connectivity index (χ0n) is 15.1. The summed E-state index contributed by atoms with van der Waals surface area (Å²) < 4.78 is 31.9. The normalized spacial score (nSPS) is 12.0. The van der Waals surface area contributed by atoms with Crippen molar-refractivity contribution in [1.29, 1.82) is 0 Å². The number of hydrogen-bond donors (Lipinski definition) is 1. The van der Waals surface area contributed by atoms with Gasteiger partial charge in [0.25, 0.3) is 0 Å². The molecule has 1 N–H and O–H groups in total. The van der Waals surface area contributed by atoms with Crippen molar-refractivity contribution in [3.8, 4) is 11.5 Å². The molecule has 1 aromatic heterocycles. The Kier molecular flexibility index (Phi) is 6.11. The van der Waals surface area contributed by atoms with Crippen molar-refractivity contribution in [3.63, 3.8) is 0 Å². The van der Waals surface area contributed by atoms with Gasteiger partial charge in [-0.05, 0) is 60.5 Å². The molecule has 1 unspecified atom stereocenters. The summed E-state index contributed by atoms with van der Waals surface area (Å²) in [4.78, 5) is 16.1. The minimum atomic E-state index is -0.957. The van der Waals surface area contributed by atoms with Crippen LogP contribution in [-0.2, 0) is 4.79 Å². The molecule has 1 atom stereocenters. The Bertz CT molecular complexity index is 991. The number of amides is 1. The molecular formula is C22H18F2N2O2. The van der Waals surface area contributed by atoms with Gasteiger partial charge in [0.1, 0.15) is 11.5 Å². The maximum absolute atomic E-state index is 13.2. The molecule has 28 heavy (non-hydrogen) atoms. The van der Waals surface area contributed by atoms with Crippen LogP contribution in [0.1, 0.15) is 24.1 Å². The standard InChI is InChI=1S/C22H18F2N2O2/c1-15(26-22(27)10-8-16-7-9-20(23)21(24)12-16)17-4-2-5-18(13-17)28-19-6-3-11-25-14-19/h2-15H,1H3,(H,26,27). The van der Waals surface area contributed by atoms with E-state index >= 15 is 0 Å². The van der Waals surface area contributed by atoms with Crippen molar-refractivity contribution in [2.75, 3.05) is 0 Å². The molecule has 0 aliphatic carbocycles.